The molecule has 1 fully saturated rings. The third kappa shape index (κ3) is 2.41. The summed E-state index contributed by atoms with van der Waals surface area (Å²) in [5.41, 5.74) is 2.20. The predicted octanol–water partition coefficient (Wildman–Crippen LogP) is 3.10. The molecule has 100 valence electrons. The van der Waals surface area contributed by atoms with E-state index in [0.29, 0.717) is 12.5 Å². The third-order valence-corrected chi connectivity index (χ3v) is 4.64. The van der Waals surface area contributed by atoms with Crippen LogP contribution in [0, 0.1) is 0 Å². The van der Waals surface area contributed by atoms with E-state index in [2.05, 4.69) is 27.0 Å². The first-order valence-electron chi connectivity index (χ1n) is 6.70. The Balaban J connectivity index is 1.79. The van der Waals surface area contributed by atoms with Crippen molar-refractivity contribution >= 4 is 32.7 Å². The number of carbonyl (C=O) groups is 1. The second-order valence-electron chi connectivity index (χ2n) is 5.07. The van der Waals surface area contributed by atoms with Gasteiger partial charge in [0, 0.05) is 35.0 Å². The maximum Gasteiger partial charge on any atom is 0.227 e. The minimum atomic E-state index is 0.242. The summed E-state index contributed by atoms with van der Waals surface area (Å²) in [5.74, 6) is 0.242. The fraction of sp³-hybridized carbons (Fsp3) is 0.400. The molecular weight excluding hydrogens is 304 g/mol. The van der Waals surface area contributed by atoms with Gasteiger partial charge < -0.3 is 9.88 Å². The zero-order valence-corrected chi connectivity index (χ0v) is 12.3. The number of nitrogens with zero attached hydrogens (tertiary/aromatic N) is 1. The minimum Gasteiger partial charge on any atom is -0.361 e. The molecule has 0 saturated carbocycles. The Kier molecular flexibility index (Phi) is 3.60. The highest BCUT2D eigenvalue weighted by Crippen LogP contribution is 2.23. The van der Waals surface area contributed by atoms with Crippen LogP contribution in [0.5, 0.6) is 0 Å². The molecule has 4 heteroatoms. The number of alkyl halides is 1. The number of aromatic nitrogens is 1. The predicted molar refractivity (Wildman–Crippen MR) is 80.5 cm³/mol. The van der Waals surface area contributed by atoms with Gasteiger partial charge in [0.15, 0.2) is 0 Å². The maximum absolute atomic E-state index is 12.4. The van der Waals surface area contributed by atoms with Crippen LogP contribution in [0.2, 0.25) is 0 Å². The van der Waals surface area contributed by atoms with E-state index < -0.39 is 0 Å². The number of amides is 1. The van der Waals surface area contributed by atoms with E-state index in [1.807, 2.05) is 29.3 Å². The van der Waals surface area contributed by atoms with Crippen LogP contribution in [0.15, 0.2) is 30.5 Å². The molecule has 3 nitrogen and oxygen atoms in total. The van der Waals surface area contributed by atoms with Gasteiger partial charge >= 0.3 is 0 Å². The monoisotopic (exact) mass is 320 g/mol. The van der Waals surface area contributed by atoms with E-state index in [0.717, 1.165) is 41.2 Å². The van der Waals surface area contributed by atoms with Crippen molar-refractivity contribution in [2.24, 2.45) is 0 Å². The number of hydrogen-bond donors (Lipinski definition) is 1. The van der Waals surface area contributed by atoms with Crippen LogP contribution < -0.4 is 0 Å². The Morgan fingerprint density at radius 3 is 3.11 bits per heavy atom. The van der Waals surface area contributed by atoms with Gasteiger partial charge in [-0.05, 0) is 24.5 Å². The summed E-state index contributed by atoms with van der Waals surface area (Å²) in [6.07, 6.45) is 4.69. The number of para-hydroxylation sites is 1. The second-order valence-corrected chi connectivity index (χ2v) is 5.72. The molecule has 1 amide bonds. The lowest BCUT2D eigenvalue weighted by atomic mass is 10.1. The molecule has 1 aliphatic heterocycles. The SMILES string of the molecule is O=C(Cc1c[nH]c2ccccc12)N1CCC[C@H]1CBr. The number of halogens is 1. The lowest BCUT2D eigenvalue weighted by molar-refractivity contribution is -0.130. The summed E-state index contributed by atoms with van der Waals surface area (Å²) in [4.78, 5) is 17.7. The van der Waals surface area contributed by atoms with Gasteiger partial charge in [0.05, 0.1) is 6.42 Å². The van der Waals surface area contributed by atoms with Crippen molar-refractivity contribution in [3.8, 4) is 0 Å². The highest BCUT2D eigenvalue weighted by atomic mass is 79.9. The molecule has 3 rings (SSSR count). The second kappa shape index (κ2) is 5.37. The van der Waals surface area contributed by atoms with E-state index in [4.69, 9.17) is 0 Å². The Bertz CT molecular complexity index is 593. The van der Waals surface area contributed by atoms with Crippen molar-refractivity contribution in [2.75, 3.05) is 11.9 Å². The van der Waals surface area contributed by atoms with Crippen LogP contribution in [-0.2, 0) is 11.2 Å². The first kappa shape index (κ1) is 12.7. The molecule has 2 aromatic rings. The third-order valence-electron chi connectivity index (χ3n) is 3.89. The van der Waals surface area contributed by atoms with Crippen LogP contribution in [0.1, 0.15) is 18.4 Å². The first-order valence-corrected chi connectivity index (χ1v) is 7.82. The molecule has 1 aromatic carbocycles. The summed E-state index contributed by atoms with van der Waals surface area (Å²) >= 11 is 3.50. The number of fused-ring (bicyclic) bond motifs is 1. The zero-order valence-electron chi connectivity index (χ0n) is 10.7. The number of likely N-dealkylation sites (tertiary alicyclic amines) is 1. The van der Waals surface area contributed by atoms with Crippen LogP contribution in [0.3, 0.4) is 0 Å². The van der Waals surface area contributed by atoms with Crippen LogP contribution >= 0.6 is 15.9 Å². The molecule has 1 saturated heterocycles. The van der Waals surface area contributed by atoms with Gasteiger partial charge in [-0.1, -0.05) is 34.1 Å². The number of benzene rings is 1. The van der Waals surface area contributed by atoms with Gasteiger partial charge in [-0.25, -0.2) is 0 Å². The number of hydrogen-bond acceptors (Lipinski definition) is 1. The lowest BCUT2D eigenvalue weighted by Gasteiger charge is -2.22. The van der Waals surface area contributed by atoms with E-state index >= 15 is 0 Å². The Morgan fingerprint density at radius 2 is 2.26 bits per heavy atom. The van der Waals surface area contributed by atoms with E-state index in [-0.39, 0.29) is 5.91 Å². The average Bonchev–Trinajstić information content (AvgIpc) is 3.05. The van der Waals surface area contributed by atoms with Crippen molar-refractivity contribution in [2.45, 2.75) is 25.3 Å². The normalized spacial score (nSPS) is 19.2. The Hall–Kier alpha value is -1.29. The molecule has 0 bridgehead atoms. The summed E-state index contributed by atoms with van der Waals surface area (Å²) in [5, 5.41) is 2.04. The molecule has 0 spiro atoms. The van der Waals surface area contributed by atoms with Gasteiger partial charge in [0.25, 0.3) is 0 Å². The largest absolute Gasteiger partial charge is 0.361 e. The molecule has 2 heterocycles. The quantitative estimate of drug-likeness (QED) is 0.867. The fourth-order valence-electron chi connectivity index (χ4n) is 2.87. The van der Waals surface area contributed by atoms with Gasteiger partial charge in [-0.15, -0.1) is 0 Å². The molecule has 1 atom stereocenters. The van der Waals surface area contributed by atoms with E-state index in [1.54, 1.807) is 0 Å². The van der Waals surface area contributed by atoms with Crippen molar-refractivity contribution in [1.82, 2.24) is 9.88 Å². The standard InChI is InChI=1S/C15H17BrN2O/c16-9-12-4-3-7-18(12)15(19)8-11-10-17-14-6-2-1-5-13(11)14/h1-2,5-6,10,12,17H,3-4,7-9H2/t12-/m0/s1. The number of nitrogens with one attached hydrogen (secondary N) is 1. The van der Waals surface area contributed by atoms with Gasteiger partial charge in [-0.2, -0.15) is 0 Å². The smallest absolute Gasteiger partial charge is 0.227 e. The topological polar surface area (TPSA) is 36.1 Å². The lowest BCUT2D eigenvalue weighted by Crippen LogP contribution is -2.37. The average molecular weight is 321 g/mol. The highest BCUT2D eigenvalue weighted by Gasteiger charge is 2.27. The van der Waals surface area contributed by atoms with E-state index in [9.17, 15) is 4.79 Å². The van der Waals surface area contributed by atoms with Crippen molar-refractivity contribution in [3.05, 3.63) is 36.0 Å². The first-order chi connectivity index (χ1) is 9.29. The summed E-state index contributed by atoms with van der Waals surface area (Å²) < 4.78 is 0. The van der Waals surface area contributed by atoms with Gasteiger partial charge in [0.1, 0.15) is 0 Å². The minimum absolute atomic E-state index is 0.242. The van der Waals surface area contributed by atoms with Gasteiger partial charge in [0.2, 0.25) is 5.91 Å². The zero-order chi connectivity index (χ0) is 13.2. The Morgan fingerprint density at radius 1 is 1.42 bits per heavy atom. The highest BCUT2D eigenvalue weighted by molar-refractivity contribution is 9.09. The van der Waals surface area contributed by atoms with Crippen molar-refractivity contribution in [1.29, 1.82) is 0 Å². The number of rotatable bonds is 3. The maximum atomic E-state index is 12.4. The molecular formula is C15H17BrN2O. The summed E-state index contributed by atoms with van der Waals surface area (Å²) in [6.45, 7) is 0.900. The summed E-state index contributed by atoms with van der Waals surface area (Å²) in [6, 6.07) is 8.51. The molecule has 1 aromatic heterocycles. The van der Waals surface area contributed by atoms with E-state index in [1.165, 1.54) is 0 Å². The fourth-order valence-corrected chi connectivity index (χ4v) is 3.54. The number of aromatic amines is 1. The molecule has 0 radical (unpaired) electrons. The number of carbonyl (C=O) groups excluding carboxylic acids is 1. The van der Waals surface area contributed by atoms with Crippen LogP contribution in [-0.4, -0.2) is 33.7 Å². The van der Waals surface area contributed by atoms with Crippen molar-refractivity contribution in [3.63, 3.8) is 0 Å². The molecule has 0 unspecified atom stereocenters. The Labute approximate surface area is 121 Å². The van der Waals surface area contributed by atoms with Gasteiger partial charge in [-0.3, -0.25) is 4.79 Å². The molecule has 0 aliphatic carbocycles. The molecule has 1 aliphatic rings. The van der Waals surface area contributed by atoms with Crippen molar-refractivity contribution < 1.29 is 4.79 Å². The molecule has 1 N–H and O–H groups in total. The van der Waals surface area contributed by atoms with Crippen LogP contribution in [0.4, 0.5) is 0 Å². The van der Waals surface area contributed by atoms with Crippen LogP contribution in [0.25, 0.3) is 10.9 Å². The number of H-pyrrole nitrogens is 1. The molecule has 19 heavy (non-hydrogen) atoms. The summed E-state index contributed by atoms with van der Waals surface area (Å²) in [7, 11) is 0.